The molecule has 0 aromatic carbocycles. The summed E-state index contributed by atoms with van der Waals surface area (Å²) in [6.07, 6.45) is 4.39. The van der Waals surface area contributed by atoms with E-state index in [1.165, 1.54) is 0 Å². The Kier molecular flexibility index (Phi) is 5.31. The molecule has 0 spiro atoms. The van der Waals surface area contributed by atoms with Gasteiger partial charge in [0.1, 0.15) is 17.8 Å². The predicted molar refractivity (Wildman–Crippen MR) is 105 cm³/mol. The molecule has 152 valence electrons. The molecule has 3 aliphatic carbocycles. The minimum Gasteiger partial charge on any atom is -0.461 e. The fraction of sp³-hybridized carbons (Fsp3) is 0.818. The van der Waals surface area contributed by atoms with Crippen molar-refractivity contribution in [1.82, 2.24) is 0 Å². The first-order valence-corrected chi connectivity index (χ1v) is 10.7. The zero-order valence-electron chi connectivity index (χ0n) is 17.0. The molecule has 0 aliphatic heterocycles. The third kappa shape index (κ3) is 2.81. The molecule has 4 nitrogen and oxygen atoms in total. The Morgan fingerprint density at radius 2 is 2.04 bits per heavy atom. The largest absolute Gasteiger partial charge is 0.461 e. The average Bonchev–Trinajstić information content (AvgIpc) is 3.00. The number of carbonyl (C=O) groups excluding carboxylic acids is 2. The fourth-order valence-corrected chi connectivity index (χ4v) is 6.75. The van der Waals surface area contributed by atoms with Gasteiger partial charge in [-0.25, -0.2) is 0 Å². The lowest BCUT2D eigenvalue weighted by Crippen LogP contribution is -2.63. The Bertz CT molecular complexity index is 648. The summed E-state index contributed by atoms with van der Waals surface area (Å²) in [4.78, 5) is 25.3. The molecular formula is C22H33ClO4. The van der Waals surface area contributed by atoms with Gasteiger partial charge in [0.25, 0.3) is 0 Å². The summed E-state index contributed by atoms with van der Waals surface area (Å²) in [6, 6.07) is 0. The Balaban J connectivity index is 2.21. The van der Waals surface area contributed by atoms with E-state index in [9.17, 15) is 14.7 Å². The number of esters is 1. The van der Waals surface area contributed by atoms with E-state index in [2.05, 4.69) is 27.4 Å². The summed E-state index contributed by atoms with van der Waals surface area (Å²) in [7, 11) is 0. The minimum absolute atomic E-state index is 0.0200. The van der Waals surface area contributed by atoms with E-state index in [1.54, 1.807) is 6.08 Å². The molecule has 0 aromatic heterocycles. The lowest BCUT2D eigenvalue weighted by molar-refractivity contribution is -0.205. The molecular weight excluding hydrogens is 364 g/mol. The predicted octanol–water partition coefficient (Wildman–Crippen LogP) is 4.13. The molecule has 3 aliphatic rings. The maximum Gasteiger partial charge on any atom is 0.321 e. The van der Waals surface area contributed by atoms with Crippen LogP contribution in [0.25, 0.3) is 0 Å². The Labute approximate surface area is 167 Å². The number of rotatable bonds is 3. The number of aliphatic hydroxyl groups excluding tert-OH is 1. The second-order valence-electron chi connectivity index (χ2n) is 9.70. The van der Waals surface area contributed by atoms with Gasteiger partial charge in [0, 0.05) is 23.2 Å². The molecule has 8 atom stereocenters. The summed E-state index contributed by atoms with van der Waals surface area (Å²) in [5.74, 6) is -0.394. The van der Waals surface area contributed by atoms with Crippen LogP contribution in [0.3, 0.4) is 0 Å². The molecule has 3 fully saturated rings. The summed E-state index contributed by atoms with van der Waals surface area (Å²) >= 11 is 5.74. The third-order valence-electron chi connectivity index (χ3n) is 8.68. The molecule has 2 bridgehead atoms. The second-order valence-corrected chi connectivity index (χ2v) is 9.97. The van der Waals surface area contributed by atoms with Gasteiger partial charge >= 0.3 is 5.97 Å². The van der Waals surface area contributed by atoms with Crippen LogP contribution in [0.15, 0.2) is 12.7 Å². The molecule has 5 heteroatoms. The molecule has 1 N–H and O–H groups in total. The number of halogens is 1. The quantitative estimate of drug-likeness (QED) is 0.442. The summed E-state index contributed by atoms with van der Waals surface area (Å²) < 4.78 is 5.89. The summed E-state index contributed by atoms with van der Waals surface area (Å²) in [6.45, 7) is 12.4. The number of hydrogen-bond acceptors (Lipinski definition) is 4. The fourth-order valence-electron chi connectivity index (χ4n) is 6.69. The second kappa shape index (κ2) is 6.88. The van der Waals surface area contributed by atoms with Crippen molar-refractivity contribution < 1.29 is 19.4 Å². The van der Waals surface area contributed by atoms with E-state index in [0.717, 1.165) is 19.3 Å². The maximum atomic E-state index is 13.1. The molecule has 0 amide bonds. The Morgan fingerprint density at radius 1 is 1.37 bits per heavy atom. The van der Waals surface area contributed by atoms with Gasteiger partial charge in [0.05, 0.1) is 6.10 Å². The third-order valence-corrected chi connectivity index (χ3v) is 8.90. The van der Waals surface area contributed by atoms with Crippen molar-refractivity contribution in [3.63, 3.8) is 0 Å². The van der Waals surface area contributed by atoms with E-state index in [0.29, 0.717) is 12.8 Å². The smallest absolute Gasteiger partial charge is 0.321 e. The van der Waals surface area contributed by atoms with Gasteiger partial charge < -0.3 is 9.84 Å². The van der Waals surface area contributed by atoms with Gasteiger partial charge in [-0.05, 0) is 42.9 Å². The molecule has 3 saturated carbocycles. The number of alkyl halides is 1. The highest BCUT2D eigenvalue weighted by molar-refractivity contribution is 6.26. The zero-order valence-corrected chi connectivity index (χ0v) is 17.7. The lowest BCUT2D eigenvalue weighted by Gasteiger charge is -2.61. The number of carbonyl (C=O) groups is 2. The number of Topliss-reactive ketones (excluding diaryl/α,β-unsaturated/α-hetero) is 1. The molecule has 0 radical (unpaired) electrons. The van der Waals surface area contributed by atoms with Gasteiger partial charge in [-0.3, -0.25) is 9.59 Å². The number of hydrogen-bond donors (Lipinski definition) is 1. The Morgan fingerprint density at radius 3 is 2.63 bits per heavy atom. The summed E-state index contributed by atoms with van der Waals surface area (Å²) in [5.41, 5.74) is -1.31. The molecule has 27 heavy (non-hydrogen) atoms. The van der Waals surface area contributed by atoms with Crippen LogP contribution >= 0.6 is 11.6 Å². The van der Waals surface area contributed by atoms with E-state index in [-0.39, 0.29) is 34.8 Å². The van der Waals surface area contributed by atoms with Crippen molar-refractivity contribution in [3.8, 4) is 0 Å². The van der Waals surface area contributed by atoms with E-state index < -0.39 is 29.0 Å². The SMILES string of the molecule is C=C[C@@]1(C)C[C@@H](OC(=O)CCl)[C@@]2(C)C3C(=O)CC[C@@]3(CC[C@H]2C)[C@@H](C)[C@@H]1O. The van der Waals surface area contributed by atoms with Crippen LogP contribution in [0, 0.1) is 34.0 Å². The standard InChI is InChI=1S/C22H33ClO4/c1-6-20(4)11-16(27-17(25)12-23)21(5)13(2)7-9-22(14(3)19(20)26)10-8-15(24)18(21)22/h6,13-14,16,18-19,26H,1,7-12H2,2-5H3/t13-,14+,16-,18?,19+,20+,21+,22+/m1/s1. The van der Waals surface area contributed by atoms with Gasteiger partial charge in [-0.1, -0.05) is 33.8 Å². The van der Waals surface area contributed by atoms with Crippen molar-refractivity contribution in [1.29, 1.82) is 0 Å². The van der Waals surface area contributed by atoms with Gasteiger partial charge in [-0.15, -0.1) is 18.2 Å². The van der Waals surface area contributed by atoms with Crippen molar-refractivity contribution >= 4 is 23.4 Å². The van der Waals surface area contributed by atoms with Gasteiger partial charge in [-0.2, -0.15) is 0 Å². The molecule has 1 unspecified atom stereocenters. The molecule has 0 heterocycles. The lowest BCUT2D eigenvalue weighted by atomic mass is 9.44. The first kappa shape index (κ1) is 20.9. The van der Waals surface area contributed by atoms with Crippen LogP contribution in [0.5, 0.6) is 0 Å². The topological polar surface area (TPSA) is 63.6 Å². The highest BCUT2D eigenvalue weighted by Crippen LogP contribution is 2.67. The van der Waals surface area contributed by atoms with Crippen LogP contribution < -0.4 is 0 Å². The Hall–Kier alpha value is -0.870. The normalized spacial score (nSPS) is 49.7. The number of ketones is 1. The van der Waals surface area contributed by atoms with Gasteiger partial charge in [0.2, 0.25) is 0 Å². The van der Waals surface area contributed by atoms with Gasteiger partial charge in [0.15, 0.2) is 0 Å². The van der Waals surface area contributed by atoms with E-state index in [1.807, 2.05) is 6.92 Å². The molecule has 0 aromatic rings. The van der Waals surface area contributed by atoms with Crippen molar-refractivity contribution in [2.75, 3.05) is 5.88 Å². The first-order chi connectivity index (χ1) is 12.6. The zero-order chi connectivity index (χ0) is 20.2. The van der Waals surface area contributed by atoms with Crippen LogP contribution in [0.2, 0.25) is 0 Å². The number of aliphatic hydroxyl groups is 1. The van der Waals surface area contributed by atoms with Crippen LogP contribution in [-0.4, -0.2) is 34.9 Å². The molecule has 3 rings (SSSR count). The van der Waals surface area contributed by atoms with E-state index in [4.69, 9.17) is 16.3 Å². The highest BCUT2D eigenvalue weighted by Gasteiger charge is 2.68. The minimum atomic E-state index is -0.640. The van der Waals surface area contributed by atoms with Crippen molar-refractivity contribution in [2.45, 2.75) is 72.0 Å². The van der Waals surface area contributed by atoms with Crippen LogP contribution in [-0.2, 0) is 14.3 Å². The van der Waals surface area contributed by atoms with Crippen molar-refractivity contribution in [2.24, 2.45) is 34.0 Å². The van der Waals surface area contributed by atoms with Crippen molar-refractivity contribution in [3.05, 3.63) is 12.7 Å². The van der Waals surface area contributed by atoms with Crippen LogP contribution in [0.1, 0.15) is 59.8 Å². The number of ether oxygens (including phenoxy) is 1. The monoisotopic (exact) mass is 396 g/mol. The maximum absolute atomic E-state index is 13.1. The molecule has 0 saturated heterocycles. The highest BCUT2D eigenvalue weighted by atomic mass is 35.5. The average molecular weight is 397 g/mol. The first-order valence-electron chi connectivity index (χ1n) is 10.2. The van der Waals surface area contributed by atoms with Crippen LogP contribution in [0.4, 0.5) is 0 Å². The summed E-state index contributed by atoms with van der Waals surface area (Å²) in [5, 5.41) is 11.4. The van der Waals surface area contributed by atoms with E-state index >= 15 is 0 Å².